The quantitative estimate of drug-likeness (QED) is 0.163. The largest absolute Gasteiger partial charge is 0.492 e. The van der Waals surface area contributed by atoms with Gasteiger partial charge in [0.1, 0.15) is 36.4 Å². The molecule has 0 radical (unpaired) electrons. The first-order valence-electron chi connectivity index (χ1n) is 18.2. The van der Waals surface area contributed by atoms with Crippen LogP contribution in [0.25, 0.3) is 22.8 Å². The molecular formula is C43H42Cl4N6O3. The molecular weight excluding hydrogens is 790 g/mol. The Balaban J connectivity index is 0.000000141. The number of carbonyl (C=O) groups excluding carboxylic acids is 1. The van der Waals surface area contributed by atoms with Crippen molar-refractivity contribution in [3.05, 3.63) is 139 Å². The molecule has 0 amide bonds. The van der Waals surface area contributed by atoms with E-state index in [4.69, 9.17) is 60.9 Å². The van der Waals surface area contributed by atoms with Crippen LogP contribution >= 0.6 is 46.4 Å². The zero-order chi connectivity index (χ0) is 37.9. The van der Waals surface area contributed by atoms with Crippen molar-refractivity contribution < 1.29 is 14.3 Å². The summed E-state index contributed by atoms with van der Waals surface area (Å²) in [7, 11) is 0. The Labute approximate surface area is 346 Å². The molecule has 13 heteroatoms. The van der Waals surface area contributed by atoms with Crippen molar-refractivity contribution >= 4 is 52.2 Å². The summed E-state index contributed by atoms with van der Waals surface area (Å²) < 4.78 is 11.2. The van der Waals surface area contributed by atoms with Crippen LogP contribution < -0.4 is 14.8 Å². The van der Waals surface area contributed by atoms with Crippen LogP contribution in [0.4, 0.5) is 0 Å². The van der Waals surface area contributed by atoms with E-state index in [2.05, 4.69) is 25.2 Å². The van der Waals surface area contributed by atoms with Gasteiger partial charge >= 0.3 is 0 Å². The van der Waals surface area contributed by atoms with Gasteiger partial charge in [0.2, 0.25) is 0 Å². The van der Waals surface area contributed by atoms with E-state index >= 15 is 0 Å². The van der Waals surface area contributed by atoms with Gasteiger partial charge in [0.15, 0.2) is 5.78 Å². The lowest BCUT2D eigenvalue weighted by Gasteiger charge is -2.36. The van der Waals surface area contributed by atoms with Gasteiger partial charge in [-0.1, -0.05) is 78.1 Å². The molecule has 0 saturated carbocycles. The van der Waals surface area contributed by atoms with E-state index in [0.29, 0.717) is 24.1 Å². The molecule has 2 aromatic heterocycles. The number of ether oxygens (including phenoxy) is 2. The fraction of sp³-hybridized carbons (Fsp3) is 0.279. The smallest absolute Gasteiger partial charge is 0.174 e. The maximum Gasteiger partial charge on any atom is 0.174 e. The van der Waals surface area contributed by atoms with E-state index in [9.17, 15) is 4.79 Å². The van der Waals surface area contributed by atoms with Crippen LogP contribution in [0.3, 0.4) is 0 Å². The third kappa shape index (κ3) is 9.10. The fourth-order valence-electron chi connectivity index (χ4n) is 7.24. The molecule has 56 heavy (non-hydrogen) atoms. The molecule has 6 heterocycles. The first kappa shape index (κ1) is 39.9. The minimum Gasteiger partial charge on any atom is -0.492 e. The zero-order valence-electron chi connectivity index (χ0n) is 29.8. The Kier molecular flexibility index (Phi) is 12.7. The number of rotatable bonds is 3. The molecule has 1 atom stereocenters. The van der Waals surface area contributed by atoms with Crippen molar-refractivity contribution in [2.45, 2.75) is 52.2 Å². The minimum absolute atomic E-state index is 0. The number of benzene rings is 4. The molecule has 10 rings (SSSR count). The van der Waals surface area contributed by atoms with Crippen molar-refractivity contribution in [2.24, 2.45) is 0 Å². The summed E-state index contributed by atoms with van der Waals surface area (Å²) in [6.07, 6.45) is 3.30. The third-order valence-electron chi connectivity index (χ3n) is 10.0. The third-order valence-corrected chi connectivity index (χ3v) is 11.2. The van der Waals surface area contributed by atoms with Gasteiger partial charge < -0.3 is 24.8 Å². The molecule has 9 nitrogen and oxygen atoms in total. The van der Waals surface area contributed by atoms with Gasteiger partial charge in [-0.05, 0) is 72.6 Å². The molecule has 6 aromatic rings. The van der Waals surface area contributed by atoms with Gasteiger partial charge in [-0.2, -0.15) is 0 Å². The number of halogens is 4. The van der Waals surface area contributed by atoms with E-state index in [1.807, 2.05) is 66.7 Å². The second-order valence-electron chi connectivity index (χ2n) is 13.8. The summed E-state index contributed by atoms with van der Waals surface area (Å²) in [6, 6.07) is 27.1. The highest BCUT2D eigenvalue weighted by atomic mass is 35.5. The van der Waals surface area contributed by atoms with Crippen LogP contribution in [0, 0.1) is 0 Å². The van der Waals surface area contributed by atoms with Gasteiger partial charge in [-0.25, -0.2) is 9.97 Å². The second-order valence-corrected chi connectivity index (χ2v) is 15.5. The van der Waals surface area contributed by atoms with E-state index in [-0.39, 0.29) is 19.8 Å². The van der Waals surface area contributed by atoms with E-state index in [0.717, 1.165) is 112 Å². The fourth-order valence-corrected chi connectivity index (χ4v) is 8.08. The number of hydrogen-bond acceptors (Lipinski definition) is 7. The van der Waals surface area contributed by atoms with Crippen molar-refractivity contribution in [1.29, 1.82) is 0 Å². The number of aromatic nitrogens is 4. The molecule has 0 fully saturated rings. The molecule has 1 unspecified atom stereocenters. The summed E-state index contributed by atoms with van der Waals surface area (Å²) >= 11 is 24.4. The molecule has 0 aliphatic carbocycles. The Morgan fingerprint density at radius 1 is 0.714 bits per heavy atom. The Morgan fingerprint density at radius 3 is 1.98 bits per heavy atom. The molecule has 4 aliphatic heterocycles. The van der Waals surface area contributed by atoms with Gasteiger partial charge in [-0.15, -0.1) is 0 Å². The summed E-state index contributed by atoms with van der Waals surface area (Å²) in [4.78, 5) is 29.7. The van der Waals surface area contributed by atoms with Crippen LogP contribution in [0.2, 0.25) is 20.1 Å². The summed E-state index contributed by atoms with van der Waals surface area (Å²) in [5.41, 5.74) is 8.65. The number of carbonyl (C=O) groups is 1. The number of nitrogens with zero attached hydrogens (tertiary/aromatic N) is 3. The van der Waals surface area contributed by atoms with E-state index in [1.165, 1.54) is 17.0 Å². The lowest BCUT2D eigenvalue weighted by molar-refractivity contribution is -0.121. The van der Waals surface area contributed by atoms with Crippen molar-refractivity contribution in [3.8, 4) is 34.3 Å². The maximum absolute atomic E-state index is 11.0. The molecule has 0 spiro atoms. The van der Waals surface area contributed by atoms with Gasteiger partial charge in [0.05, 0.1) is 32.8 Å². The average Bonchev–Trinajstić information content (AvgIpc) is 3.83. The highest BCUT2D eigenvalue weighted by Gasteiger charge is 2.30. The lowest BCUT2D eigenvalue weighted by atomic mass is 9.99. The van der Waals surface area contributed by atoms with E-state index in [1.54, 1.807) is 18.2 Å². The molecule has 4 aliphatic rings. The Hall–Kier alpha value is -4.35. The number of nitrogens with one attached hydrogen (secondary N) is 3. The number of fused-ring (bicyclic) bond motifs is 4. The number of aromatic amines is 2. The van der Waals surface area contributed by atoms with Crippen LogP contribution in [0.1, 0.15) is 41.3 Å². The van der Waals surface area contributed by atoms with Gasteiger partial charge in [-0.3, -0.25) is 9.69 Å². The van der Waals surface area contributed by atoms with Crippen molar-refractivity contribution in [2.75, 3.05) is 26.3 Å². The molecule has 4 aromatic carbocycles. The monoisotopic (exact) mass is 830 g/mol. The molecule has 0 bridgehead atoms. The van der Waals surface area contributed by atoms with E-state index < -0.39 is 0 Å². The SMILES string of the molecule is C.Clc1ccc2c(c1)CC(N1CCc3nc(-c4ccccc4Cl)[nH]c3C1)CO2.Clc1ccccc1-c1nc2c([nH]1)CNCC2.O=C1COc2ccc(Cl)cc2C1. The Morgan fingerprint density at radius 2 is 1.32 bits per heavy atom. The predicted molar refractivity (Wildman–Crippen MR) is 224 cm³/mol. The maximum atomic E-state index is 11.0. The van der Waals surface area contributed by atoms with Gasteiger partial charge in [0, 0.05) is 78.2 Å². The number of ketones is 1. The van der Waals surface area contributed by atoms with Crippen molar-refractivity contribution in [1.82, 2.24) is 30.2 Å². The first-order valence-corrected chi connectivity index (χ1v) is 19.7. The van der Waals surface area contributed by atoms with Crippen LogP contribution in [-0.2, 0) is 43.6 Å². The standard InChI is InChI=1S/C21H19Cl2N3O.C12H12ClN3.C9H7ClO2.CH4/c22-14-5-6-20-13(9-14)10-15(12-27-20)26-8-7-18-19(11-26)25-21(24-18)16-3-1-2-4-17(16)23;13-9-4-2-1-3-8(9)12-15-10-5-6-14-7-11(10)16-12;10-7-1-2-9-6(3-7)4-8(11)5-12-9;/h1-6,9,15H,7-8,10-12H2,(H,24,25);1-4,14H,5-7H2,(H,15,16);1-3H,4-5H2;1H4. The first-order chi connectivity index (χ1) is 26.8. The molecule has 290 valence electrons. The number of H-pyrrole nitrogens is 2. The molecule has 3 N–H and O–H groups in total. The number of imidazole rings is 2. The highest BCUT2D eigenvalue weighted by Crippen LogP contribution is 2.33. The number of hydrogen-bond donors (Lipinski definition) is 3. The second kappa shape index (κ2) is 17.8. The summed E-state index contributed by atoms with van der Waals surface area (Å²) in [5.74, 6) is 3.56. The van der Waals surface area contributed by atoms with Crippen LogP contribution in [-0.4, -0.2) is 63.0 Å². The van der Waals surface area contributed by atoms with Crippen LogP contribution in [0.5, 0.6) is 11.5 Å². The molecule has 0 saturated heterocycles. The number of Topliss-reactive ketones (excluding diaryl/α,β-unsaturated/α-hetero) is 1. The average molecular weight is 833 g/mol. The van der Waals surface area contributed by atoms with Crippen LogP contribution in [0.15, 0.2) is 84.9 Å². The highest BCUT2D eigenvalue weighted by molar-refractivity contribution is 6.33. The topological polar surface area (TPSA) is 108 Å². The normalized spacial score (nSPS) is 16.8. The lowest BCUT2D eigenvalue weighted by Crippen LogP contribution is -2.45. The zero-order valence-corrected chi connectivity index (χ0v) is 32.8. The summed E-state index contributed by atoms with van der Waals surface area (Å²) in [5, 5.41) is 6.18. The Bertz CT molecular complexity index is 2320. The summed E-state index contributed by atoms with van der Waals surface area (Å²) in [6.45, 7) is 4.58. The minimum atomic E-state index is 0. The van der Waals surface area contributed by atoms with Crippen molar-refractivity contribution in [3.63, 3.8) is 0 Å². The van der Waals surface area contributed by atoms with Gasteiger partial charge in [0.25, 0.3) is 0 Å². The predicted octanol–water partition coefficient (Wildman–Crippen LogP) is 9.60.